The van der Waals surface area contributed by atoms with Crippen LogP contribution in [0, 0.1) is 29.1 Å². The quantitative estimate of drug-likeness (QED) is 0.684. The minimum Gasteiger partial charge on any atom is -0.459 e. The Morgan fingerprint density at radius 2 is 1.81 bits per heavy atom. The highest BCUT2D eigenvalue weighted by atomic mass is 16.6. The number of carbonyl (C=O) groups excluding carboxylic acids is 1. The van der Waals surface area contributed by atoms with Crippen molar-refractivity contribution in [3.63, 3.8) is 0 Å². The zero-order valence-corrected chi connectivity index (χ0v) is 14.3. The van der Waals surface area contributed by atoms with Crippen molar-refractivity contribution in [3.8, 4) is 0 Å². The van der Waals surface area contributed by atoms with Gasteiger partial charge in [0.1, 0.15) is 5.60 Å². The Morgan fingerprint density at radius 1 is 1.14 bits per heavy atom. The molecule has 2 bridgehead atoms. The topological polar surface area (TPSA) is 26.3 Å². The maximum Gasteiger partial charge on any atom is 0.312 e. The Kier molecular flexibility index (Phi) is 3.86. The summed E-state index contributed by atoms with van der Waals surface area (Å²) in [6.45, 7) is 8.32. The zero-order valence-electron chi connectivity index (χ0n) is 14.3. The summed E-state index contributed by atoms with van der Waals surface area (Å²) in [5.41, 5.74) is -0.497. The van der Waals surface area contributed by atoms with Crippen LogP contribution in [-0.2, 0) is 9.53 Å². The molecule has 3 aliphatic rings. The zero-order chi connectivity index (χ0) is 15.3. The van der Waals surface area contributed by atoms with Crippen LogP contribution in [0.15, 0.2) is 0 Å². The normalized spacial score (nSPS) is 41.9. The maximum absolute atomic E-state index is 12.6. The molecule has 0 aliphatic heterocycles. The van der Waals surface area contributed by atoms with Crippen molar-refractivity contribution in [2.75, 3.05) is 0 Å². The summed E-state index contributed by atoms with van der Waals surface area (Å²) < 4.78 is 6.16. The van der Waals surface area contributed by atoms with Gasteiger partial charge in [0.05, 0.1) is 5.41 Å². The molecule has 3 saturated carbocycles. The largest absolute Gasteiger partial charge is 0.459 e. The van der Waals surface area contributed by atoms with Crippen LogP contribution < -0.4 is 0 Å². The molecule has 5 atom stereocenters. The molecule has 0 aromatic rings. The van der Waals surface area contributed by atoms with Gasteiger partial charge in [-0.15, -0.1) is 0 Å². The Morgan fingerprint density at radius 3 is 2.43 bits per heavy atom. The number of rotatable bonds is 4. The van der Waals surface area contributed by atoms with Gasteiger partial charge in [0.15, 0.2) is 0 Å². The first-order valence-electron chi connectivity index (χ1n) is 9.14. The van der Waals surface area contributed by atoms with Crippen LogP contribution in [0.25, 0.3) is 0 Å². The number of carbonyl (C=O) groups is 1. The van der Waals surface area contributed by atoms with Gasteiger partial charge >= 0.3 is 5.97 Å². The van der Waals surface area contributed by atoms with Gasteiger partial charge in [-0.2, -0.15) is 0 Å². The second-order valence-electron chi connectivity index (χ2n) is 8.57. The molecule has 0 spiro atoms. The average molecular weight is 292 g/mol. The van der Waals surface area contributed by atoms with Crippen LogP contribution in [-0.4, -0.2) is 11.6 Å². The predicted octanol–water partition coefficient (Wildman–Crippen LogP) is 4.96. The lowest BCUT2D eigenvalue weighted by Gasteiger charge is -2.46. The molecule has 0 radical (unpaired) electrons. The smallest absolute Gasteiger partial charge is 0.312 e. The molecular formula is C19H32O2. The molecule has 0 heterocycles. The Bertz CT molecular complexity index is 414. The third-order valence-electron chi connectivity index (χ3n) is 7.21. The van der Waals surface area contributed by atoms with Gasteiger partial charge < -0.3 is 4.74 Å². The van der Waals surface area contributed by atoms with Crippen molar-refractivity contribution in [3.05, 3.63) is 0 Å². The number of ether oxygens (including phenoxy) is 1. The second-order valence-corrected chi connectivity index (χ2v) is 8.57. The number of fused-ring (bicyclic) bond motifs is 5. The van der Waals surface area contributed by atoms with Crippen molar-refractivity contribution in [1.29, 1.82) is 0 Å². The molecule has 120 valence electrons. The highest BCUT2D eigenvalue weighted by Crippen LogP contribution is 2.60. The van der Waals surface area contributed by atoms with E-state index >= 15 is 0 Å². The van der Waals surface area contributed by atoms with Gasteiger partial charge in [0.2, 0.25) is 0 Å². The molecule has 0 N–H and O–H groups in total. The predicted molar refractivity (Wildman–Crippen MR) is 84.8 cm³/mol. The first-order chi connectivity index (χ1) is 9.91. The van der Waals surface area contributed by atoms with Gasteiger partial charge in [-0.1, -0.05) is 13.8 Å². The first kappa shape index (κ1) is 15.4. The molecule has 0 amide bonds. The molecule has 0 aromatic carbocycles. The van der Waals surface area contributed by atoms with E-state index in [4.69, 9.17) is 4.74 Å². The Balaban J connectivity index is 1.72. The monoisotopic (exact) mass is 292 g/mol. The lowest BCUT2D eigenvalue weighted by Crippen LogP contribution is -2.46. The molecule has 0 aromatic heterocycles. The van der Waals surface area contributed by atoms with Gasteiger partial charge in [-0.05, 0) is 88.9 Å². The molecule has 0 saturated heterocycles. The molecule has 5 unspecified atom stereocenters. The van der Waals surface area contributed by atoms with E-state index < -0.39 is 0 Å². The van der Waals surface area contributed by atoms with E-state index in [1.54, 1.807) is 0 Å². The Labute approximate surface area is 130 Å². The SMILES string of the molecule is CCC1(OC(=O)C(C)(C)CC)CCC2C3CCC(C3)C2C1. The minimum atomic E-state index is -0.340. The van der Waals surface area contributed by atoms with Crippen LogP contribution in [0.2, 0.25) is 0 Å². The summed E-state index contributed by atoms with van der Waals surface area (Å²) in [6, 6.07) is 0. The van der Waals surface area contributed by atoms with E-state index in [1.807, 2.05) is 13.8 Å². The fourth-order valence-corrected chi connectivity index (χ4v) is 5.22. The van der Waals surface area contributed by atoms with Crippen molar-refractivity contribution < 1.29 is 9.53 Å². The van der Waals surface area contributed by atoms with E-state index in [9.17, 15) is 4.79 Å². The minimum absolute atomic E-state index is 0.0217. The van der Waals surface area contributed by atoms with Gasteiger partial charge in [0, 0.05) is 0 Å². The number of hydrogen-bond acceptors (Lipinski definition) is 2. The fourth-order valence-electron chi connectivity index (χ4n) is 5.22. The highest BCUT2D eigenvalue weighted by molar-refractivity contribution is 5.76. The summed E-state index contributed by atoms with van der Waals surface area (Å²) in [5, 5.41) is 0. The average Bonchev–Trinajstić information content (AvgIpc) is 3.08. The van der Waals surface area contributed by atoms with Gasteiger partial charge in [-0.25, -0.2) is 0 Å². The molecule has 21 heavy (non-hydrogen) atoms. The molecule has 2 heteroatoms. The van der Waals surface area contributed by atoms with Crippen molar-refractivity contribution in [1.82, 2.24) is 0 Å². The molecule has 3 aliphatic carbocycles. The Hall–Kier alpha value is -0.530. The number of esters is 1. The van der Waals surface area contributed by atoms with E-state index in [-0.39, 0.29) is 17.0 Å². The lowest BCUT2D eigenvalue weighted by atomic mass is 9.65. The highest BCUT2D eigenvalue weighted by Gasteiger charge is 2.54. The van der Waals surface area contributed by atoms with E-state index in [0.717, 1.165) is 49.4 Å². The summed E-state index contributed by atoms with van der Waals surface area (Å²) in [5.74, 6) is 3.74. The summed E-state index contributed by atoms with van der Waals surface area (Å²) in [6.07, 6.45) is 9.72. The third-order valence-corrected chi connectivity index (χ3v) is 7.21. The van der Waals surface area contributed by atoms with Crippen molar-refractivity contribution >= 4 is 5.97 Å². The van der Waals surface area contributed by atoms with E-state index in [0.29, 0.717) is 0 Å². The van der Waals surface area contributed by atoms with Crippen LogP contribution in [0.1, 0.15) is 79.1 Å². The molecular weight excluding hydrogens is 260 g/mol. The summed E-state index contributed by atoms with van der Waals surface area (Å²) in [4.78, 5) is 12.6. The first-order valence-corrected chi connectivity index (χ1v) is 9.14. The van der Waals surface area contributed by atoms with Crippen molar-refractivity contribution in [2.45, 2.75) is 84.7 Å². The maximum atomic E-state index is 12.6. The van der Waals surface area contributed by atoms with E-state index in [1.165, 1.54) is 25.7 Å². The van der Waals surface area contributed by atoms with Crippen LogP contribution in [0.4, 0.5) is 0 Å². The molecule has 3 fully saturated rings. The van der Waals surface area contributed by atoms with E-state index in [2.05, 4.69) is 13.8 Å². The molecule has 2 nitrogen and oxygen atoms in total. The second kappa shape index (κ2) is 5.28. The van der Waals surface area contributed by atoms with Crippen LogP contribution in [0.3, 0.4) is 0 Å². The van der Waals surface area contributed by atoms with Gasteiger partial charge in [-0.3, -0.25) is 4.79 Å². The number of hydrogen-bond donors (Lipinski definition) is 0. The lowest BCUT2D eigenvalue weighted by molar-refractivity contribution is -0.179. The summed E-state index contributed by atoms with van der Waals surface area (Å²) >= 11 is 0. The standard InChI is InChI=1S/C19H32O2/c1-5-18(3,4)17(20)21-19(6-2)10-9-15-13-7-8-14(11-13)16(15)12-19/h13-16H,5-12H2,1-4H3. The van der Waals surface area contributed by atoms with Crippen LogP contribution in [0.5, 0.6) is 0 Å². The third kappa shape index (κ3) is 2.53. The van der Waals surface area contributed by atoms with Crippen molar-refractivity contribution in [2.24, 2.45) is 29.1 Å². The fraction of sp³-hybridized carbons (Fsp3) is 0.947. The van der Waals surface area contributed by atoms with Gasteiger partial charge in [0.25, 0.3) is 0 Å². The van der Waals surface area contributed by atoms with Crippen LogP contribution >= 0.6 is 0 Å². The molecule has 3 rings (SSSR count). The summed E-state index contributed by atoms with van der Waals surface area (Å²) in [7, 11) is 0.